The molecule has 1 saturated carbocycles. The number of nitrogens with zero attached hydrogens (tertiary/aromatic N) is 2. The summed E-state index contributed by atoms with van der Waals surface area (Å²) in [6.07, 6.45) is 3.49. The monoisotopic (exact) mass is 375 g/mol. The molecule has 1 aliphatic rings. The third-order valence-corrected chi connectivity index (χ3v) is 5.94. The van der Waals surface area contributed by atoms with Gasteiger partial charge in [-0.15, -0.1) is 10.2 Å². The Morgan fingerprint density at radius 3 is 2.77 bits per heavy atom. The SMILES string of the molecule is COc1ccc(-c2nnc(SCC(=O)N[C@H]3CCC[C@H](C)[C@@H]3C)o2)cc1. The van der Waals surface area contributed by atoms with E-state index in [-0.39, 0.29) is 17.7 Å². The summed E-state index contributed by atoms with van der Waals surface area (Å²) in [4.78, 5) is 12.2. The zero-order valence-corrected chi connectivity index (χ0v) is 16.2. The van der Waals surface area contributed by atoms with Crippen LogP contribution in [0.1, 0.15) is 33.1 Å². The number of thioether (sulfide) groups is 1. The Morgan fingerprint density at radius 2 is 2.04 bits per heavy atom. The fourth-order valence-electron chi connectivity index (χ4n) is 3.28. The summed E-state index contributed by atoms with van der Waals surface area (Å²) < 4.78 is 10.8. The summed E-state index contributed by atoms with van der Waals surface area (Å²) in [6.45, 7) is 4.48. The number of nitrogens with one attached hydrogen (secondary N) is 1. The molecule has 0 saturated heterocycles. The summed E-state index contributed by atoms with van der Waals surface area (Å²) in [6, 6.07) is 7.67. The number of amides is 1. The van der Waals surface area contributed by atoms with Crippen LogP contribution in [0.15, 0.2) is 33.9 Å². The van der Waals surface area contributed by atoms with Crippen molar-refractivity contribution in [1.82, 2.24) is 15.5 Å². The predicted octanol–water partition coefficient (Wildman–Crippen LogP) is 3.78. The first-order chi connectivity index (χ1) is 12.6. The van der Waals surface area contributed by atoms with Crippen LogP contribution in [-0.4, -0.2) is 35.0 Å². The molecule has 0 spiro atoms. The van der Waals surface area contributed by atoms with E-state index in [0.717, 1.165) is 17.7 Å². The third kappa shape index (κ3) is 4.58. The molecule has 0 aliphatic heterocycles. The molecule has 0 radical (unpaired) electrons. The first-order valence-corrected chi connectivity index (χ1v) is 9.95. The van der Waals surface area contributed by atoms with Gasteiger partial charge < -0.3 is 14.5 Å². The molecule has 1 N–H and O–H groups in total. The van der Waals surface area contributed by atoms with E-state index in [1.54, 1.807) is 7.11 Å². The number of hydrogen-bond donors (Lipinski definition) is 1. The van der Waals surface area contributed by atoms with E-state index < -0.39 is 0 Å². The number of aromatic nitrogens is 2. The fraction of sp³-hybridized carbons (Fsp3) is 0.526. The zero-order valence-electron chi connectivity index (χ0n) is 15.4. The lowest BCUT2D eigenvalue weighted by atomic mass is 9.78. The van der Waals surface area contributed by atoms with E-state index in [1.165, 1.54) is 24.6 Å². The van der Waals surface area contributed by atoms with Gasteiger partial charge in [-0.05, 0) is 42.5 Å². The van der Waals surface area contributed by atoms with E-state index in [0.29, 0.717) is 22.9 Å². The number of carbonyl (C=O) groups is 1. The first kappa shape index (κ1) is 18.8. The number of carbonyl (C=O) groups excluding carboxylic acids is 1. The Kier molecular flexibility index (Phi) is 6.19. The molecule has 1 aliphatic carbocycles. The largest absolute Gasteiger partial charge is 0.497 e. The lowest BCUT2D eigenvalue weighted by Crippen LogP contribution is -2.44. The lowest BCUT2D eigenvalue weighted by Gasteiger charge is -2.34. The summed E-state index contributed by atoms with van der Waals surface area (Å²) in [5, 5.41) is 11.6. The van der Waals surface area contributed by atoms with E-state index >= 15 is 0 Å². The Labute approximate surface area is 158 Å². The Bertz CT molecular complexity index is 732. The Morgan fingerprint density at radius 1 is 1.27 bits per heavy atom. The summed E-state index contributed by atoms with van der Waals surface area (Å²) in [7, 11) is 1.62. The van der Waals surface area contributed by atoms with Crippen molar-refractivity contribution in [2.45, 2.75) is 44.4 Å². The maximum Gasteiger partial charge on any atom is 0.277 e. The molecule has 7 heteroatoms. The summed E-state index contributed by atoms with van der Waals surface area (Å²) >= 11 is 1.27. The minimum atomic E-state index is 0.0187. The van der Waals surface area contributed by atoms with E-state index in [2.05, 4.69) is 29.4 Å². The first-order valence-electron chi connectivity index (χ1n) is 8.97. The van der Waals surface area contributed by atoms with Crippen molar-refractivity contribution >= 4 is 17.7 Å². The van der Waals surface area contributed by atoms with Crippen LogP contribution in [0, 0.1) is 11.8 Å². The predicted molar refractivity (Wildman–Crippen MR) is 101 cm³/mol. The summed E-state index contributed by atoms with van der Waals surface area (Å²) in [5.74, 6) is 2.68. The minimum Gasteiger partial charge on any atom is -0.497 e. The van der Waals surface area contributed by atoms with Crippen LogP contribution in [0.25, 0.3) is 11.5 Å². The van der Waals surface area contributed by atoms with Crippen molar-refractivity contribution in [1.29, 1.82) is 0 Å². The highest BCUT2D eigenvalue weighted by atomic mass is 32.2. The number of benzene rings is 1. The molecule has 26 heavy (non-hydrogen) atoms. The second kappa shape index (κ2) is 8.58. The van der Waals surface area contributed by atoms with Gasteiger partial charge in [0.2, 0.25) is 11.8 Å². The Balaban J connectivity index is 1.51. The van der Waals surface area contributed by atoms with Gasteiger partial charge in [-0.3, -0.25) is 4.79 Å². The maximum atomic E-state index is 12.2. The topological polar surface area (TPSA) is 77.2 Å². The van der Waals surface area contributed by atoms with E-state index in [4.69, 9.17) is 9.15 Å². The maximum absolute atomic E-state index is 12.2. The van der Waals surface area contributed by atoms with Gasteiger partial charge >= 0.3 is 0 Å². The fourth-order valence-corrected chi connectivity index (χ4v) is 3.85. The van der Waals surface area contributed by atoms with Crippen molar-refractivity contribution in [3.8, 4) is 17.2 Å². The number of hydrogen-bond acceptors (Lipinski definition) is 6. The molecule has 1 aromatic heterocycles. The van der Waals surface area contributed by atoms with Gasteiger partial charge in [0.1, 0.15) is 5.75 Å². The number of rotatable bonds is 6. The van der Waals surface area contributed by atoms with Gasteiger partial charge in [0, 0.05) is 11.6 Å². The zero-order chi connectivity index (χ0) is 18.5. The van der Waals surface area contributed by atoms with Crippen LogP contribution >= 0.6 is 11.8 Å². The molecule has 0 bridgehead atoms. The van der Waals surface area contributed by atoms with Crippen molar-refractivity contribution in [2.75, 3.05) is 12.9 Å². The third-order valence-electron chi connectivity index (χ3n) is 5.12. The average Bonchev–Trinajstić information content (AvgIpc) is 3.13. The molecule has 3 rings (SSSR count). The molecular weight excluding hydrogens is 350 g/mol. The van der Waals surface area contributed by atoms with Crippen LogP contribution in [0.4, 0.5) is 0 Å². The summed E-state index contributed by atoms with van der Waals surface area (Å²) in [5.41, 5.74) is 0.819. The molecular formula is C19H25N3O3S. The van der Waals surface area contributed by atoms with Gasteiger partial charge in [-0.1, -0.05) is 38.5 Å². The van der Waals surface area contributed by atoms with Crippen molar-refractivity contribution in [3.05, 3.63) is 24.3 Å². The van der Waals surface area contributed by atoms with E-state index in [9.17, 15) is 4.79 Å². The molecule has 6 nitrogen and oxygen atoms in total. The van der Waals surface area contributed by atoms with Gasteiger partial charge in [-0.25, -0.2) is 0 Å². The second-order valence-corrected chi connectivity index (χ2v) is 7.76. The normalized spacial score (nSPS) is 22.8. The quantitative estimate of drug-likeness (QED) is 0.774. The highest BCUT2D eigenvalue weighted by Gasteiger charge is 2.28. The van der Waals surface area contributed by atoms with Crippen LogP contribution in [-0.2, 0) is 4.79 Å². The number of methoxy groups -OCH3 is 1. The van der Waals surface area contributed by atoms with Crippen molar-refractivity contribution in [2.24, 2.45) is 11.8 Å². The van der Waals surface area contributed by atoms with Crippen molar-refractivity contribution < 1.29 is 13.9 Å². The van der Waals surface area contributed by atoms with Crippen LogP contribution in [0.2, 0.25) is 0 Å². The lowest BCUT2D eigenvalue weighted by molar-refractivity contribution is -0.120. The Hall–Kier alpha value is -2.02. The molecule has 1 amide bonds. The van der Waals surface area contributed by atoms with Crippen LogP contribution in [0.3, 0.4) is 0 Å². The van der Waals surface area contributed by atoms with Gasteiger partial charge in [0.15, 0.2) is 0 Å². The average molecular weight is 375 g/mol. The van der Waals surface area contributed by atoms with Crippen LogP contribution < -0.4 is 10.1 Å². The highest BCUT2D eigenvalue weighted by Crippen LogP contribution is 2.30. The molecule has 3 atom stereocenters. The van der Waals surface area contributed by atoms with Crippen molar-refractivity contribution in [3.63, 3.8) is 0 Å². The minimum absolute atomic E-state index is 0.0187. The number of ether oxygens (including phenoxy) is 1. The molecule has 1 aromatic carbocycles. The second-order valence-electron chi connectivity index (χ2n) is 6.83. The van der Waals surface area contributed by atoms with Gasteiger partial charge in [-0.2, -0.15) is 0 Å². The smallest absolute Gasteiger partial charge is 0.277 e. The molecule has 1 heterocycles. The standard InChI is InChI=1S/C19H25N3O3S/c1-12-5-4-6-16(13(12)2)20-17(23)11-26-19-22-21-18(25-19)14-7-9-15(24-3)10-8-14/h7-10,12-13,16H,4-6,11H2,1-3H3,(H,20,23)/t12-,13-,16-/m0/s1. The molecule has 0 unspecified atom stereocenters. The van der Waals surface area contributed by atoms with Crippen LogP contribution in [0.5, 0.6) is 5.75 Å². The van der Waals surface area contributed by atoms with E-state index in [1.807, 2.05) is 24.3 Å². The van der Waals surface area contributed by atoms with Gasteiger partial charge in [0.25, 0.3) is 5.22 Å². The highest BCUT2D eigenvalue weighted by molar-refractivity contribution is 7.99. The molecule has 1 fully saturated rings. The molecule has 2 aromatic rings. The molecule has 140 valence electrons. The van der Waals surface area contributed by atoms with Gasteiger partial charge in [0.05, 0.1) is 12.9 Å².